The van der Waals surface area contributed by atoms with Gasteiger partial charge in [-0.05, 0) is 107 Å². The lowest BCUT2D eigenvalue weighted by atomic mass is 10.0. The number of carboxylic acid groups (broad SMARTS) is 1. The van der Waals surface area contributed by atoms with Gasteiger partial charge in [0, 0.05) is 95.0 Å². The van der Waals surface area contributed by atoms with Gasteiger partial charge in [-0.1, -0.05) is 133 Å². The summed E-state index contributed by atoms with van der Waals surface area (Å²) in [6.45, 7) is 3.19. The first kappa shape index (κ1) is 99.7. The monoisotopic (exact) mass is 1720 g/mol. The number of carbonyl (C=O) groups excluding carboxylic acids is 13. The van der Waals surface area contributed by atoms with Crippen molar-refractivity contribution in [3.8, 4) is 0 Å². The molecule has 5 heterocycles. The Hall–Kier alpha value is -10.4. The number of likely N-dealkylation sites (tertiary alicyclic amines) is 2. The number of aliphatic hydroxyl groups is 1. The topological polar surface area (TPSA) is 541 Å². The number of amides is 13. The Morgan fingerprint density at radius 1 is 0.585 bits per heavy atom. The summed E-state index contributed by atoms with van der Waals surface area (Å²) in [6, 6.07) is 3.81. The summed E-state index contributed by atoms with van der Waals surface area (Å²) in [5, 5.41) is 46.1. The molecular weight excluding hydrogens is 1590 g/mol. The van der Waals surface area contributed by atoms with Gasteiger partial charge in [0.15, 0.2) is 5.96 Å². The van der Waals surface area contributed by atoms with E-state index in [2.05, 4.69) is 57.8 Å². The highest BCUT2D eigenvalue weighted by Gasteiger charge is 2.47. The van der Waals surface area contributed by atoms with Crippen molar-refractivity contribution in [2.24, 2.45) is 22.2 Å². The number of ether oxygens (including phenoxy) is 4. The van der Waals surface area contributed by atoms with Crippen LogP contribution in [-0.2, 0) is 98.9 Å². The molecule has 0 radical (unpaired) electrons. The van der Waals surface area contributed by atoms with Gasteiger partial charge in [0.2, 0.25) is 76.8 Å². The molecule has 4 saturated heterocycles. The molecule has 682 valence electrons. The van der Waals surface area contributed by atoms with Crippen LogP contribution in [0, 0.1) is 0 Å². The van der Waals surface area contributed by atoms with E-state index >= 15 is 4.79 Å². The van der Waals surface area contributed by atoms with Gasteiger partial charge in [-0.15, -0.1) is 0 Å². The van der Waals surface area contributed by atoms with E-state index in [4.69, 9.17) is 41.3 Å². The molecule has 123 heavy (non-hydrogen) atoms. The van der Waals surface area contributed by atoms with Crippen molar-refractivity contribution in [3.63, 3.8) is 0 Å². The summed E-state index contributed by atoms with van der Waals surface area (Å²) in [7, 11) is 0. The number of aromatic amines is 1. The number of guanidine groups is 1. The van der Waals surface area contributed by atoms with Crippen LogP contribution in [0.2, 0.25) is 0 Å². The Morgan fingerprint density at radius 2 is 1.18 bits per heavy atom. The maximum atomic E-state index is 15.3. The molecule has 0 saturated carbocycles. The maximum Gasteiger partial charge on any atom is 0.303 e. The first-order valence-electron chi connectivity index (χ1n) is 44.1. The van der Waals surface area contributed by atoms with E-state index in [1.807, 2.05) is 25.1 Å². The van der Waals surface area contributed by atoms with Gasteiger partial charge in [0.1, 0.15) is 67.6 Å². The zero-order valence-electron chi connectivity index (χ0n) is 71.3. The highest BCUT2D eigenvalue weighted by atomic mass is 16.5. The third kappa shape index (κ3) is 35.8. The molecule has 0 aliphatic carbocycles. The van der Waals surface area contributed by atoms with Crippen molar-refractivity contribution in [2.45, 2.75) is 266 Å². The van der Waals surface area contributed by atoms with Gasteiger partial charge in [0.25, 0.3) is 0 Å². The number of fused-ring (bicyclic) bond motifs is 2. The van der Waals surface area contributed by atoms with Crippen molar-refractivity contribution in [1.82, 2.24) is 67.5 Å². The number of para-hydroxylation sites is 1. The fourth-order valence-corrected chi connectivity index (χ4v) is 15.7. The second-order valence-electron chi connectivity index (χ2n) is 31.9. The minimum absolute atomic E-state index is 0.0119. The summed E-state index contributed by atoms with van der Waals surface area (Å²) in [5.41, 5.74) is 19.1. The van der Waals surface area contributed by atoms with Crippen LogP contribution < -0.4 is 65.1 Å². The first-order chi connectivity index (χ1) is 59.4. The number of hydrogen-bond acceptors (Lipinski definition) is 20. The SMILES string of the molecule is CCCC[C@H](NC(=O)[C@@H]1CCCN1C(=O)[C@@H]1CCCN1C(=O)COCCOCCNC(=O)COCCOCCNC(=O)CCCCCCCCCCCCCCC(=O)O)C(=O)N[C@H]1CCC(=O)NCCCC[C@@H](C(N)=O)NC(=O)[C@H](Cc2c[nH]c3ccccc23)NC(=O)[C@H](CCCN=C(N)N)NC(=O)[C@@H](Cc2ccccc2)NC(=O)[C@@H]2[C@@H](O)CCN2C1=O. The molecule has 18 N–H and O–H groups in total. The van der Waals surface area contributed by atoms with Crippen LogP contribution in [0.5, 0.6) is 0 Å². The zero-order chi connectivity index (χ0) is 88.7. The smallest absolute Gasteiger partial charge is 0.303 e. The van der Waals surface area contributed by atoms with Crippen molar-refractivity contribution < 1.29 is 96.3 Å². The largest absolute Gasteiger partial charge is 0.481 e. The minimum Gasteiger partial charge on any atom is -0.481 e. The van der Waals surface area contributed by atoms with Gasteiger partial charge >= 0.3 is 5.97 Å². The van der Waals surface area contributed by atoms with E-state index in [1.165, 1.54) is 35.5 Å². The van der Waals surface area contributed by atoms with Gasteiger partial charge < -0.3 is 114 Å². The molecule has 2 aromatic carbocycles. The Morgan fingerprint density at radius 3 is 1.85 bits per heavy atom. The molecular formula is C86H133N17O20. The Kier molecular flexibility index (Phi) is 45.2. The number of aliphatic imine (C=N–C) groups is 1. The van der Waals surface area contributed by atoms with E-state index in [0.29, 0.717) is 62.8 Å². The summed E-state index contributed by atoms with van der Waals surface area (Å²) < 4.78 is 22.2. The van der Waals surface area contributed by atoms with Crippen molar-refractivity contribution in [3.05, 3.63) is 71.9 Å². The highest BCUT2D eigenvalue weighted by molar-refractivity contribution is 6.00. The third-order valence-corrected chi connectivity index (χ3v) is 22.4. The second kappa shape index (κ2) is 55.7. The molecule has 0 unspecified atom stereocenters. The molecule has 4 aliphatic heterocycles. The predicted molar refractivity (Wildman–Crippen MR) is 456 cm³/mol. The highest BCUT2D eigenvalue weighted by Crippen LogP contribution is 2.28. The van der Waals surface area contributed by atoms with E-state index in [-0.39, 0.29) is 187 Å². The number of unbranched alkanes of at least 4 members (excludes halogenated alkanes) is 12. The normalized spacial score (nSPS) is 21.2. The van der Waals surface area contributed by atoms with Crippen molar-refractivity contribution in [2.75, 3.05) is 98.7 Å². The predicted octanol–water partition coefficient (Wildman–Crippen LogP) is 1.46. The number of nitrogens with zero attached hydrogens (tertiary/aromatic N) is 4. The zero-order valence-corrected chi connectivity index (χ0v) is 71.3. The number of H-pyrrole nitrogens is 1. The van der Waals surface area contributed by atoms with Crippen LogP contribution >= 0.6 is 0 Å². The standard InChI is InChI=1S/C86H133N17O20/c1-2-3-29-63(97-82(116)68-33-24-45-102(68)85(119)69-34-25-44-101(69)74(108)57-123-52-50-121-48-43-92-73(107)56-122-51-49-120-47-42-91-71(105)35-17-12-10-8-6-4-5-7-9-11-13-18-36-75(109)110)78(112)98-65-37-38-72(106)90-40-22-21-31-62(77(87)111)95-81(115)67(54-59-55-94-61-30-20-19-28-60(59)61)99-79(113)64(32-23-41-93-86(88)89)96-80(114)66(53-58-26-15-14-16-27-58)100-83(117)76-70(104)39-46-103(76)84(65)118/h14-16,19-20,26-28,30,55,62-70,76,94,104H,2-13,17-18,21-25,29,31-54,56-57H2,1H3,(H2,87,111)(H,90,106)(H,91,105)(H,92,107)(H,95,115)(H,96,114)(H,97,116)(H,98,112)(H,99,113)(H,100,117)(H,109,110)(H4,88,89,93)/t62-,63-,64-,65-,66+,67-,68-,69-,70-,76-/m0/s1. The number of primary amides is 1. The number of rotatable bonds is 48. The number of aliphatic carboxylic acids is 1. The third-order valence-electron chi connectivity index (χ3n) is 22.4. The van der Waals surface area contributed by atoms with E-state index < -0.39 is 131 Å². The quantitative estimate of drug-likeness (QED) is 0.0216. The van der Waals surface area contributed by atoms with Crippen LogP contribution in [0.1, 0.15) is 204 Å². The second-order valence-corrected chi connectivity index (χ2v) is 31.9. The fraction of sp³-hybridized carbons (Fsp3) is 0.663. The summed E-state index contributed by atoms with van der Waals surface area (Å²) >= 11 is 0. The van der Waals surface area contributed by atoms with Crippen molar-refractivity contribution >= 4 is 99.6 Å². The number of aliphatic hydroxyl groups excluding tert-OH is 1. The number of nitrogens with one attached hydrogen (secondary N) is 10. The molecule has 37 nitrogen and oxygen atoms in total. The van der Waals surface area contributed by atoms with Gasteiger partial charge in [-0.2, -0.15) is 0 Å². The van der Waals surface area contributed by atoms with E-state index in [0.717, 1.165) is 67.2 Å². The summed E-state index contributed by atoms with van der Waals surface area (Å²) in [5.74, 6) is -9.49. The van der Waals surface area contributed by atoms with Gasteiger partial charge in [-0.25, -0.2) is 0 Å². The lowest BCUT2D eigenvalue weighted by Crippen LogP contribution is -2.61. The number of benzene rings is 2. The number of aromatic nitrogens is 1. The molecule has 4 aliphatic rings. The average molecular weight is 1730 g/mol. The molecule has 0 bridgehead atoms. The number of nitrogens with two attached hydrogens (primary N) is 3. The van der Waals surface area contributed by atoms with Crippen LogP contribution in [-0.4, -0.2) is 278 Å². The van der Waals surface area contributed by atoms with E-state index in [9.17, 15) is 67.4 Å². The lowest BCUT2D eigenvalue weighted by Gasteiger charge is -2.32. The average Bonchev–Trinajstić information content (AvgIpc) is 1.69. The van der Waals surface area contributed by atoms with Crippen molar-refractivity contribution in [1.29, 1.82) is 0 Å². The van der Waals surface area contributed by atoms with Gasteiger partial charge in [-0.3, -0.25) is 72.1 Å². The van der Waals surface area contributed by atoms with Crippen LogP contribution in [0.15, 0.2) is 65.8 Å². The Balaban J connectivity index is 0.897. The maximum absolute atomic E-state index is 15.3. The Bertz CT molecular complexity index is 3900. The number of carbonyl (C=O) groups is 14. The lowest BCUT2D eigenvalue weighted by molar-refractivity contribution is -0.149. The molecule has 13 amide bonds. The molecule has 10 atom stereocenters. The molecule has 1 aromatic heterocycles. The first-order valence-corrected chi connectivity index (χ1v) is 44.1. The molecule has 3 aromatic rings. The molecule has 37 heteroatoms. The molecule has 0 spiro atoms. The van der Waals surface area contributed by atoms with Crippen LogP contribution in [0.25, 0.3) is 10.9 Å². The summed E-state index contributed by atoms with van der Waals surface area (Å²) in [4.78, 5) is 205. The molecule has 4 fully saturated rings. The van der Waals surface area contributed by atoms with Crippen LogP contribution in [0.4, 0.5) is 0 Å². The van der Waals surface area contributed by atoms with E-state index in [1.54, 1.807) is 42.6 Å². The molecule has 7 rings (SSSR count). The van der Waals surface area contributed by atoms with Crippen LogP contribution in [0.3, 0.4) is 0 Å². The fourth-order valence-electron chi connectivity index (χ4n) is 15.7. The summed E-state index contributed by atoms with van der Waals surface area (Å²) in [6.07, 6.45) is 15.7. The minimum atomic E-state index is -1.67. The number of carboxylic acids is 1. The Labute approximate surface area is 719 Å². The number of hydrogen-bond donors (Lipinski definition) is 15. The van der Waals surface area contributed by atoms with Gasteiger partial charge in [0.05, 0.1) is 45.7 Å².